The summed E-state index contributed by atoms with van der Waals surface area (Å²) < 4.78 is 30.7. The van der Waals surface area contributed by atoms with Crippen LogP contribution in [0.15, 0.2) is 17.1 Å². The number of hydrogen-bond donors (Lipinski definition) is 1. The predicted molar refractivity (Wildman–Crippen MR) is 128 cm³/mol. The maximum absolute atomic E-state index is 9.56. The molecule has 0 aliphatic carbocycles. The lowest BCUT2D eigenvalue weighted by atomic mass is 10.1. The number of nitrogens with zero attached hydrogens (tertiary/aromatic N) is 2. The predicted octanol–water partition coefficient (Wildman–Crippen LogP) is 6.19. The normalized spacial score (nSPS) is 13.8. The molecule has 178 valence electrons. The summed E-state index contributed by atoms with van der Waals surface area (Å²) in [6.07, 6.45) is 26.2. The third-order valence-electron chi connectivity index (χ3n) is 4.99. The molecule has 0 amide bonds. The van der Waals surface area contributed by atoms with Crippen molar-refractivity contribution in [3.05, 3.63) is 12.2 Å². The Balaban J connectivity index is 0.00000103. The lowest BCUT2D eigenvalue weighted by Gasteiger charge is -2.12. The quantitative estimate of drug-likeness (QED) is 0.154. The van der Waals surface area contributed by atoms with Crippen LogP contribution in [-0.2, 0) is 14.6 Å². The summed E-state index contributed by atoms with van der Waals surface area (Å²) in [5, 5.41) is 0. The molecule has 1 aliphatic heterocycles. The van der Waals surface area contributed by atoms with Crippen molar-refractivity contribution in [2.75, 3.05) is 26.2 Å². The van der Waals surface area contributed by atoms with E-state index in [1.54, 1.807) is 0 Å². The molecule has 0 radical (unpaired) electrons. The third kappa shape index (κ3) is 23.4. The van der Waals surface area contributed by atoms with Crippen molar-refractivity contribution in [1.82, 2.24) is 4.90 Å². The van der Waals surface area contributed by atoms with Crippen molar-refractivity contribution in [2.45, 2.75) is 104 Å². The van der Waals surface area contributed by atoms with Gasteiger partial charge in [0.25, 0.3) is 0 Å². The molecule has 6 nitrogen and oxygen atoms in total. The lowest BCUT2D eigenvalue weighted by molar-refractivity contribution is 0.283. The molecule has 1 heterocycles. The molecule has 1 aliphatic rings. The highest BCUT2D eigenvalue weighted by Gasteiger charge is 2.03. The zero-order valence-corrected chi connectivity index (χ0v) is 20.3. The summed E-state index contributed by atoms with van der Waals surface area (Å²) in [6, 6.07) is 0. The van der Waals surface area contributed by atoms with Crippen LogP contribution in [0.4, 0.5) is 0 Å². The van der Waals surface area contributed by atoms with E-state index < -0.39 is 10.4 Å². The third-order valence-corrected chi connectivity index (χ3v) is 5.52. The zero-order chi connectivity index (χ0) is 22.3. The first kappa shape index (κ1) is 29.1. The van der Waals surface area contributed by atoms with Crippen molar-refractivity contribution < 1.29 is 17.2 Å². The van der Waals surface area contributed by atoms with Crippen LogP contribution in [-0.4, -0.2) is 50.5 Å². The van der Waals surface area contributed by atoms with Gasteiger partial charge in [0.1, 0.15) is 0 Å². The maximum atomic E-state index is 9.56. The van der Waals surface area contributed by atoms with Gasteiger partial charge >= 0.3 is 10.4 Å². The summed E-state index contributed by atoms with van der Waals surface area (Å²) in [6.45, 7) is 7.08. The van der Waals surface area contributed by atoms with Crippen LogP contribution < -0.4 is 0 Å². The molecule has 0 bridgehead atoms. The van der Waals surface area contributed by atoms with Gasteiger partial charge in [0, 0.05) is 13.1 Å². The fourth-order valence-corrected chi connectivity index (χ4v) is 3.60. The SMILES string of the molecule is CCCCCCCCC=CCCCCCCCCN1C=NCC1.CCOS(=O)(=O)O. The fourth-order valence-electron chi connectivity index (χ4n) is 3.30. The second-order valence-corrected chi connectivity index (χ2v) is 8.92. The summed E-state index contributed by atoms with van der Waals surface area (Å²) in [5.41, 5.74) is 0. The summed E-state index contributed by atoms with van der Waals surface area (Å²) >= 11 is 0. The van der Waals surface area contributed by atoms with Gasteiger partial charge in [0.2, 0.25) is 0 Å². The van der Waals surface area contributed by atoms with E-state index in [1.807, 2.05) is 6.34 Å². The van der Waals surface area contributed by atoms with Gasteiger partial charge < -0.3 is 4.90 Å². The molecular formula is C23H46N2O4S. The van der Waals surface area contributed by atoms with E-state index in [9.17, 15) is 8.42 Å². The second kappa shape index (κ2) is 21.3. The number of unbranched alkanes of at least 4 members (excludes halogenated alkanes) is 12. The molecular weight excluding hydrogens is 400 g/mol. The van der Waals surface area contributed by atoms with E-state index in [0.717, 1.165) is 13.1 Å². The van der Waals surface area contributed by atoms with Crippen LogP contribution >= 0.6 is 0 Å². The zero-order valence-electron chi connectivity index (χ0n) is 19.4. The fraction of sp³-hybridized carbons (Fsp3) is 0.870. The van der Waals surface area contributed by atoms with E-state index in [1.165, 1.54) is 103 Å². The van der Waals surface area contributed by atoms with Crippen molar-refractivity contribution in [2.24, 2.45) is 4.99 Å². The average Bonchev–Trinajstić information content (AvgIpc) is 3.21. The van der Waals surface area contributed by atoms with Crippen molar-refractivity contribution in [1.29, 1.82) is 0 Å². The van der Waals surface area contributed by atoms with Crippen LogP contribution in [0.3, 0.4) is 0 Å². The second-order valence-electron chi connectivity index (χ2n) is 7.83. The van der Waals surface area contributed by atoms with E-state index in [4.69, 9.17) is 4.55 Å². The van der Waals surface area contributed by atoms with Crippen molar-refractivity contribution >= 4 is 16.7 Å². The molecule has 1 rings (SSSR count). The monoisotopic (exact) mass is 446 g/mol. The number of aliphatic imine (C=N–C) groups is 1. The van der Waals surface area contributed by atoms with Crippen molar-refractivity contribution in [3.63, 3.8) is 0 Å². The van der Waals surface area contributed by atoms with Gasteiger partial charge in [-0.25, -0.2) is 4.18 Å². The van der Waals surface area contributed by atoms with Crippen LogP contribution in [0.2, 0.25) is 0 Å². The highest BCUT2D eigenvalue weighted by Crippen LogP contribution is 2.10. The lowest BCUT2D eigenvalue weighted by Crippen LogP contribution is -2.20. The minimum absolute atomic E-state index is 0.0289. The molecule has 1 N–H and O–H groups in total. The Bertz CT molecular complexity index is 521. The molecule has 0 aromatic carbocycles. The van der Waals surface area contributed by atoms with E-state index in [2.05, 4.69) is 33.2 Å². The minimum Gasteiger partial charge on any atom is -0.361 e. The highest BCUT2D eigenvalue weighted by molar-refractivity contribution is 7.80. The minimum atomic E-state index is -4.17. The molecule has 0 aromatic rings. The number of allylic oxidation sites excluding steroid dienone is 2. The summed E-state index contributed by atoms with van der Waals surface area (Å²) in [7, 11) is -4.17. The Labute approximate surface area is 186 Å². The van der Waals surface area contributed by atoms with Gasteiger partial charge in [-0.2, -0.15) is 8.42 Å². The molecule has 30 heavy (non-hydrogen) atoms. The molecule has 0 saturated carbocycles. The largest absolute Gasteiger partial charge is 0.397 e. The van der Waals surface area contributed by atoms with Gasteiger partial charge in [0.05, 0.1) is 19.5 Å². The molecule has 7 heteroatoms. The topological polar surface area (TPSA) is 79.2 Å². The Morgan fingerprint density at radius 1 is 0.900 bits per heavy atom. The van der Waals surface area contributed by atoms with Gasteiger partial charge in [-0.3, -0.25) is 9.55 Å². The Hall–Kier alpha value is -0.920. The molecule has 0 atom stereocenters. The first-order valence-electron chi connectivity index (χ1n) is 12.0. The average molecular weight is 447 g/mol. The summed E-state index contributed by atoms with van der Waals surface area (Å²) in [5.74, 6) is 0. The summed E-state index contributed by atoms with van der Waals surface area (Å²) in [4.78, 5) is 6.61. The molecule has 0 unspecified atom stereocenters. The van der Waals surface area contributed by atoms with Crippen LogP contribution in [0.25, 0.3) is 0 Å². The number of rotatable bonds is 18. The van der Waals surface area contributed by atoms with Crippen LogP contribution in [0.1, 0.15) is 104 Å². The van der Waals surface area contributed by atoms with Gasteiger partial charge in [-0.1, -0.05) is 76.9 Å². The van der Waals surface area contributed by atoms with Crippen molar-refractivity contribution in [3.8, 4) is 0 Å². The Kier molecular flexibility index (Phi) is 20.7. The molecule has 0 spiro atoms. The Morgan fingerprint density at radius 2 is 1.43 bits per heavy atom. The first-order valence-corrected chi connectivity index (χ1v) is 13.4. The van der Waals surface area contributed by atoms with E-state index in [0.29, 0.717) is 0 Å². The van der Waals surface area contributed by atoms with Gasteiger partial charge in [-0.15, -0.1) is 0 Å². The van der Waals surface area contributed by atoms with E-state index in [-0.39, 0.29) is 6.61 Å². The molecule has 0 aromatic heterocycles. The van der Waals surface area contributed by atoms with Gasteiger partial charge in [-0.05, 0) is 39.0 Å². The first-order chi connectivity index (χ1) is 14.5. The molecule has 0 saturated heterocycles. The van der Waals surface area contributed by atoms with Gasteiger partial charge in [0.15, 0.2) is 0 Å². The van der Waals surface area contributed by atoms with E-state index >= 15 is 0 Å². The maximum Gasteiger partial charge on any atom is 0.397 e. The smallest absolute Gasteiger partial charge is 0.361 e. The standard InChI is InChI=1S/C21H40N2.C2H6O4S/c1-2-3-4-5-6-7-8-9-10-11-12-13-14-15-16-17-19-23-20-18-22-21-23;1-2-6-7(3,4)5/h9-10,21H,2-8,11-20H2,1H3;2H2,1H3,(H,3,4,5). The molecule has 0 fully saturated rings. The number of hydrogen-bond acceptors (Lipinski definition) is 5. The van der Waals surface area contributed by atoms with Crippen LogP contribution in [0.5, 0.6) is 0 Å². The highest BCUT2D eigenvalue weighted by atomic mass is 32.3. The van der Waals surface area contributed by atoms with Crippen LogP contribution in [0, 0.1) is 0 Å². The Morgan fingerprint density at radius 3 is 1.87 bits per heavy atom.